The maximum atomic E-state index is 11.7. The van der Waals surface area contributed by atoms with Gasteiger partial charge in [0.2, 0.25) is 0 Å². The fraction of sp³-hybridized carbons (Fsp3) is 0.438. The number of aromatic amines is 1. The van der Waals surface area contributed by atoms with Crippen LogP contribution >= 0.6 is 11.3 Å². The number of hydrogen-bond donors (Lipinski definition) is 1. The van der Waals surface area contributed by atoms with E-state index in [4.69, 9.17) is 0 Å². The molecule has 2 aromatic rings. The average Bonchev–Trinajstić information content (AvgIpc) is 2.85. The fourth-order valence-corrected chi connectivity index (χ4v) is 3.14. The summed E-state index contributed by atoms with van der Waals surface area (Å²) in [6.07, 6.45) is 2.40. The van der Waals surface area contributed by atoms with Crippen LogP contribution in [0.4, 0.5) is 0 Å². The number of thiazole rings is 1. The van der Waals surface area contributed by atoms with Crippen LogP contribution < -0.4 is 4.87 Å². The van der Waals surface area contributed by atoms with Crippen molar-refractivity contribution in [3.05, 3.63) is 44.9 Å². The number of nitrogens with zero attached hydrogens (tertiary/aromatic N) is 1. The second-order valence-electron chi connectivity index (χ2n) is 4.90. The smallest absolute Gasteiger partial charge is 0.305 e. The van der Waals surface area contributed by atoms with E-state index in [1.807, 2.05) is 30.3 Å². The van der Waals surface area contributed by atoms with E-state index >= 15 is 0 Å². The zero-order valence-electron chi connectivity index (χ0n) is 12.2. The fourth-order valence-electron chi connectivity index (χ4n) is 2.24. The van der Waals surface area contributed by atoms with Gasteiger partial charge in [0.25, 0.3) is 0 Å². The lowest BCUT2D eigenvalue weighted by Gasteiger charge is -2.19. The molecular weight excluding hydrogens is 268 g/mol. The van der Waals surface area contributed by atoms with E-state index in [2.05, 4.69) is 23.7 Å². The van der Waals surface area contributed by atoms with Gasteiger partial charge >= 0.3 is 4.87 Å². The maximum absolute atomic E-state index is 11.7. The molecule has 108 valence electrons. The van der Waals surface area contributed by atoms with Crippen LogP contribution in [0.15, 0.2) is 35.1 Å². The van der Waals surface area contributed by atoms with Gasteiger partial charge in [-0.05, 0) is 25.1 Å². The molecule has 1 aromatic carbocycles. The van der Waals surface area contributed by atoms with Crippen LogP contribution in [0.2, 0.25) is 0 Å². The van der Waals surface area contributed by atoms with Crippen molar-refractivity contribution in [3.8, 4) is 11.3 Å². The molecule has 0 radical (unpaired) electrons. The van der Waals surface area contributed by atoms with Crippen molar-refractivity contribution in [1.29, 1.82) is 0 Å². The molecule has 1 aromatic heterocycles. The third kappa shape index (κ3) is 3.81. The lowest BCUT2D eigenvalue weighted by atomic mass is 10.1. The first-order chi connectivity index (χ1) is 9.74. The van der Waals surface area contributed by atoms with E-state index in [0.717, 1.165) is 35.8 Å². The van der Waals surface area contributed by atoms with Gasteiger partial charge in [0.1, 0.15) is 0 Å². The van der Waals surface area contributed by atoms with Gasteiger partial charge in [-0.25, -0.2) is 0 Å². The summed E-state index contributed by atoms with van der Waals surface area (Å²) in [4.78, 5) is 18.3. The molecule has 0 aliphatic heterocycles. The van der Waals surface area contributed by atoms with Crippen molar-refractivity contribution < 1.29 is 0 Å². The lowest BCUT2D eigenvalue weighted by Crippen LogP contribution is -2.23. The number of nitrogens with one attached hydrogen (secondary N) is 1. The Hall–Kier alpha value is -1.39. The van der Waals surface area contributed by atoms with Crippen LogP contribution in [-0.4, -0.2) is 23.0 Å². The van der Waals surface area contributed by atoms with Crippen molar-refractivity contribution in [2.45, 2.75) is 33.2 Å². The predicted molar refractivity (Wildman–Crippen MR) is 86.2 cm³/mol. The molecule has 4 heteroatoms. The van der Waals surface area contributed by atoms with Gasteiger partial charge in [0, 0.05) is 11.4 Å². The third-order valence-corrected chi connectivity index (χ3v) is 4.29. The van der Waals surface area contributed by atoms with Crippen LogP contribution in [0.25, 0.3) is 11.3 Å². The monoisotopic (exact) mass is 290 g/mol. The van der Waals surface area contributed by atoms with Gasteiger partial charge in [-0.3, -0.25) is 9.69 Å². The van der Waals surface area contributed by atoms with Crippen LogP contribution in [-0.2, 0) is 6.54 Å². The van der Waals surface area contributed by atoms with Crippen LogP contribution in [0, 0.1) is 0 Å². The molecule has 0 aliphatic rings. The highest BCUT2D eigenvalue weighted by Gasteiger charge is 2.13. The first-order valence-corrected chi connectivity index (χ1v) is 8.06. The Bertz CT molecular complexity index is 574. The summed E-state index contributed by atoms with van der Waals surface area (Å²) >= 11 is 1.33. The normalized spacial score (nSPS) is 11.2. The lowest BCUT2D eigenvalue weighted by molar-refractivity contribution is 0.278. The minimum Gasteiger partial charge on any atom is -0.312 e. The molecule has 0 saturated heterocycles. The summed E-state index contributed by atoms with van der Waals surface area (Å²) in [5.74, 6) is 0. The molecule has 0 spiro atoms. The van der Waals surface area contributed by atoms with E-state index < -0.39 is 0 Å². The highest BCUT2D eigenvalue weighted by Crippen LogP contribution is 2.24. The molecule has 0 fully saturated rings. The van der Waals surface area contributed by atoms with Gasteiger partial charge in [0.15, 0.2) is 0 Å². The van der Waals surface area contributed by atoms with E-state index in [0.29, 0.717) is 0 Å². The topological polar surface area (TPSA) is 36.1 Å². The quantitative estimate of drug-likeness (QED) is 0.843. The third-order valence-electron chi connectivity index (χ3n) is 3.43. The minimum absolute atomic E-state index is 0.0328. The van der Waals surface area contributed by atoms with E-state index in [1.54, 1.807) is 0 Å². The molecule has 0 aliphatic carbocycles. The molecule has 2 rings (SSSR count). The molecule has 1 N–H and O–H groups in total. The molecule has 0 saturated carbocycles. The van der Waals surface area contributed by atoms with Gasteiger partial charge in [-0.15, -0.1) is 0 Å². The largest absolute Gasteiger partial charge is 0.312 e. The van der Waals surface area contributed by atoms with E-state index in [1.165, 1.54) is 24.2 Å². The minimum atomic E-state index is 0.0328. The van der Waals surface area contributed by atoms with Gasteiger partial charge in [-0.2, -0.15) is 0 Å². The molecule has 3 nitrogen and oxygen atoms in total. The van der Waals surface area contributed by atoms with Crippen LogP contribution in [0.3, 0.4) is 0 Å². The predicted octanol–water partition coefficient (Wildman–Crippen LogP) is 3.73. The number of rotatable bonds is 7. The Balaban J connectivity index is 2.22. The highest BCUT2D eigenvalue weighted by molar-refractivity contribution is 7.09. The molecule has 0 bridgehead atoms. The molecule has 0 unspecified atom stereocenters. The zero-order valence-corrected chi connectivity index (χ0v) is 13.0. The summed E-state index contributed by atoms with van der Waals surface area (Å²) in [6.45, 7) is 7.34. The standard InChI is InChI=1S/C16H22N2OS/c1-3-5-11-18(4-2)12-14-15(17-16(19)20-14)13-9-7-6-8-10-13/h6-10H,3-5,11-12H2,1-2H3,(H,17,19). The second kappa shape index (κ2) is 7.41. The summed E-state index contributed by atoms with van der Waals surface area (Å²) < 4.78 is 0. The Kier molecular flexibility index (Phi) is 5.56. The van der Waals surface area contributed by atoms with Gasteiger partial charge < -0.3 is 4.98 Å². The van der Waals surface area contributed by atoms with Gasteiger partial charge in [0.05, 0.1) is 5.69 Å². The zero-order chi connectivity index (χ0) is 14.4. The van der Waals surface area contributed by atoms with Gasteiger partial charge in [-0.1, -0.05) is 61.9 Å². The average molecular weight is 290 g/mol. The van der Waals surface area contributed by atoms with Crippen molar-refractivity contribution in [3.63, 3.8) is 0 Å². The van der Waals surface area contributed by atoms with E-state index in [-0.39, 0.29) is 4.87 Å². The molecule has 0 atom stereocenters. The maximum Gasteiger partial charge on any atom is 0.305 e. The first kappa shape index (κ1) is 15.0. The Morgan fingerprint density at radius 2 is 1.95 bits per heavy atom. The number of hydrogen-bond acceptors (Lipinski definition) is 3. The molecule has 0 amide bonds. The molecular formula is C16H22N2OS. The number of H-pyrrole nitrogens is 1. The number of unbranched alkanes of at least 4 members (excludes halogenated alkanes) is 1. The molecule has 1 heterocycles. The van der Waals surface area contributed by atoms with E-state index in [9.17, 15) is 4.79 Å². The SMILES string of the molecule is CCCCN(CC)Cc1sc(=O)[nH]c1-c1ccccc1. The summed E-state index contributed by atoms with van der Waals surface area (Å²) in [7, 11) is 0. The summed E-state index contributed by atoms with van der Waals surface area (Å²) in [5.41, 5.74) is 2.07. The Morgan fingerprint density at radius 1 is 1.20 bits per heavy atom. The van der Waals surface area contributed by atoms with Crippen molar-refractivity contribution >= 4 is 11.3 Å². The second-order valence-corrected chi connectivity index (χ2v) is 5.97. The van der Waals surface area contributed by atoms with Crippen LogP contribution in [0.5, 0.6) is 0 Å². The number of aromatic nitrogens is 1. The number of benzene rings is 1. The summed E-state index contributed by atoms with van der Waals surface area (Å²) in [5, 5.41) is 0. The van der Waals surface area contributed by atoms with Crippen molar-refractivity contribution in [2.75, 3.05) is 13.1 Å². The van der Waals surface area contributed by atoms with Crippen LogP contribution in [0.1, 0.15) is 31.6 Å². The first-order valence-electron chi connectivity index (χ1n) is 7.24. The highest BCUT2D eigenvalue weighted by atomic mass is 32.1. The Morgan fingerprint density at radius 3 is 2.60 bits per heavy atom. The summed E-state index contributed by atoms with van der Waals surface area (Å²) in [6, 6.07) is 10.1. The molecule has 20 heavy (non-hydrogen) atoms. The van der Waals surface area contributed by atoms with Crippen molar-refractivity contribution in [2.24, 2.45) is 0 Å². The Labute approximate surface area is 124 Å². The van der Waals surface area contributed by atoms with Crippen molar-refractivity contribution in [1.82, 2.24) is 9.88 Å².